The summed E-state index contributed by atoms with van der Waals surface area (Å²) < 4.78 is 87.8. The van der Waals surface area contributed by atoms with E-state index in [-0.39, 0.29) is 24.5 Å². The van der Waals surface area contributed by atoms with E-state index in [9.17, 15) is 30.8 Å². The molecule has 3 aromatic carbocycles. The number of hydrogen-bond donors (Lipinski definition) is 1. The van der Waals surface area contributed by atoms with E-state index >= 15 is 0 Å². The summed E-state index contributed by atoms with van der Waals surface area (Å²) in [6, 6.07) is 17.1. The number of urea groups is 1. The Morgan fingerprint density at radius 3 is 2.32 bits per heavy atom. The van der Waals surface area contributed by atoms with Crippen molar-refractivity contribution in [2.45, 2.75) is 24.2 Å². The summed E-state index contributed by atoms with van der Waals surface area (Å²) in [6.45, 7) is 0.138. The van der Waals surface area contributed by atoms with Crippen LogP contribution in [-0.2, 0) is 29.4 Å². The third-order valence-electron chi connectivity index (χ3n) is 5.24. The number of rotatable bonds is 8. The molecule has 4 aromatic rings. The summed E-state index contributed by atoms with van der Waals surface area (Å²) in [5.41, 5.74) is -0.288. The van der Waals surface area contributed by atoms with Gasteiger partial charge in [0.25, 0.3) is 0 Å². The van der Waals surface area contributed by atoms with Gasteiger partial charge in [0, 0.05) is 12.2 Å². The van der Waals surface area contributed by atoms with Gasteiger partial charge < -0.3 is 18.8 Å². The van der Waals surface area contributed by atoms with E-state index in [1.54, 1.807) is 12.1 Å². The van der Waals surface area contributed by atoms with Gasteiger partial charge in [0.05, 0.1) is 18.4 Å². The third kappa shape index (κ3) is 6.91. The zero-order chi connectivity index (χ0) is 27.3. The van der Waals surface area contributed by atoms with Gasteiger partial charge in [-0.05, 0) is 66.2 Å². The monoisotopic (exact) mass is 548 g/mol. The highest BCUT2D eigenvalue weighted by atomic mass is 32.2. The lowest BCUT2D eigenvalue weighted by molar-refractivity contribution is -0.137. The Kier molecular flexibility index (Phi) is 7.72. The van der Waals surface area contributed by atoms with Gasteiger partial charge in [0.1, 0.15) is 22.2 Å². The number of carbonyl (C=O) groups excluding carboxylic acids is 1. The van der Waals surface area contributed by atoms with Crippen molar-refractivity contribution in [3.63, 3.8) is 0 Å². The molecule has 0 saturated carbocycles. The Balaban J connectivity index is 1.48. The minimum Gasteiger partial charge on any atom is -0.467 e. The van der Waals surface area contributed by atoms with Gasteiger partial charge in [0.15, 0.2) is 0 Å². The first-order valence-electron chi connectivity index (χ1n) is 11.0. The zero-order valence-electron chi connectivity index (χ0n) is 19.5. The lowest BCUT2D eigenvalue weighted by atomic mass is 10.2. The van der Waals surface area contributed by atoms with Crippen LogP contribution >= 0.6 is 0 Å². The summed E-state index contributed by atoms with van der Waals surface area (Å²) >= 11 is 0. The van der Waals surface area contributed by atoms with E-state index in [1.165, 1.54) is 59.7 Å². The summed E-state index contributed by atoms with van der Waals surface area (Å²) in [6.07, 6.45) is -3.26. The lowest BCUT2D eigenvalue weighted by Crippen LogP contribution is -2.34. The fourth-order valence-electron chi connectivity index (χ4n) is 3.43. The van der Waals surface area contributed by atoms with Crippen molar-refractivity contribution in [1.82, 2.24) is 4.90 Å². The number of alkyl halides is 3. The van der Waals surface area contributed by atoms with Crippen LogP contribution < -0.4 is 9.50 Å². The largest absolute Gasteiger partial charge is 0.467 e. The highest BCUT2D eigenvalue weighted by Gasteiger charge is 2.32. The van der Waals surface area contributed by atoms with Crippen molar-refractivity contribution in [2.75, 3.05) is 5.32 Å². The summed E-state index contributed by atoms with van der Waals surface area (Å²) in [7, 11) is -4.54. The molecule has 0 aliphatic rings. The zero-order valence-corrected chi connectivity index (χ0v) is 20.3. The van der Waals surface area contributed by atoms with Crippen LogP contribution in [0.25, 0.3) is 0 Å². The minimum absolute atomic E-state index is 0.0580. The number of nitrogens with zero attached hydrogens (tertiary/aromatic N) is 1. The number of carbonyl (C=O) groups is 1. The SMILES string of the molecule is O=C(Nc1cccc(F)c1)N(Cc1ccc(OS(=O)(=O)c2cccc(C(F)(F)F)c2)cc1)Cc1ccco1. The summed E-state index contributed by atoms with van der Waals surface area (Å²) in [5.74, 6) is -0.157. The molecule has 0 atom stereocenters. The Hall–Kier alpha value is -4.32. The Morgan fingerprint density at radius 2 is 1.66 bits per heavy atom. The van der Waals surface area contributed by atoms with Crippen LogP contribution in [-0.4, -0.2) is 19.3 Å². The number of halogens is 4. The Labute approximate surface area is 215 Å². The Bertz CT molecular complexity index is 1510. The van der Waals surface area contributed by atoms with Crippen molar-refractivity contribution in [3.8, 4) is 5.75 Å². The molecule has 7 nitrogen and oxygen atoms in total. The maximum Gasteiger partial charge on any atom is 0.416 e. The molecule has 0 bridgehead atoms. The van der Waals surface area contributed by atoms with E-state index in [1.807, 2.05) is 0 Å². The van der Waals surface area contributed by atoms with Crippen LogP contribution in [0, 0.1) is 5.82 Å². The van der Waals surface area contributed by atoms with Gasteiger partial charge in [-0.15, -0.1) is 0 Å². The average Bonchev–Trinajstić information content (AvgIpc) is 3.37. The van der Waals surface area contributed by atoms with Crippen LogP contribution in [0.15, 0.2) is 101 Å². The molecule has 0 spiro atoms. The first-order valence-corrected chi connectivity index (χ1v) is 12.4. The summed E-state index contributed by atoms with van der Waals surface area (Å²) in [4.78, 5) is 13.7. The van der Waals surface area contributed by atoms with Crippen LogP contribution in [0.3, 0.4) is 0 Å². The lowest BCUT2D eigenvalue weighted by Gasteiger charge is -2.22. The quantitative estimate of drug-likeness (QED) is 0.202. The van der Waals surface area contributed by atoms with Gasteiger partial charge in [-0.1, -0.05) is 24.3 Å². The van der Waals surface area contributed by atoms with E-state index in [4.69, 9.17) is 8.60 Å². The second-order valence-corrected chi connectivity index (χ2v) is 9.63. The molecule has 0 aliphatic carbocycles. The first-order chi connectivity index (χ1) is 18.0. The number of benzene rings is 3. The fraction of sp³-hybridized carbons (Fsp3) is 0.115. The number of furan rings is 1. The number of hydrogen-bond acceptors (Lipinski definition) is 5. The molecule has 12 heteroatoms. The molecule has 4 rings (SSSR count). The van der Waals surface area contributed by atoms with E-state index in [0.29, 0.717) is 17.4 Å². The molecular formula is C26H20F4N2O5S. The topological polar surface area (TPSA) is 88.9 Å². The Morgan fingerprint density at radius 1 is 0.921 bits per heavy atom. The molecule has 1 N–H and O–H groups in total. The van der Waals surface area contributed by atoms with Crippen LogP contribution in [0.2, 0.25) is 0 Å². The standard InChI is InChI=1S/C26H20F4N2O5S/c27-20-5-2-6-21(15-20)31-25(33)32(17-23-7-3-13-36-23)16-18-9-11-22(12-10-18)37-38(34,35)24-8-1-4-19(14-24)26(28,29)30/h1-15H,16-17H2,(H,31,33). The second-order valence-electron chi connectivity index (χ2n) is 8.08. The average molecular weight is 549 g/mol. The molecule has 0 aliphatic heterocycles. The van der Waals surface area contributed by atoms with E-state index in [2.05, 4.69) is 5.32 Å². The van der Waals surface area contributed by atoms with Gasteiger partial charge in [-0.3, -0.25) is 0 Å². The van der Waals surface area contributed by atoms with Crippen molar-refractivity contribution < 1.29 is 39.4 Å². The highest BCUT2D eigenvalue weighted by molar-refractivity contribution is 7.87. The second kappa shape index (κ2) is 11.0. The van der Waals surface area contributed by atoms with Gasteiger partial charge in [-0.25, -0.2) is 9.18 Å². The predicted octanol–water partition coefficient (Wildman–Crippen LogP) is 6.44. The smallest absolute Gasteiger partial charge is 0.416 e. The van der Waals surface area contributed by atoms with Gasteiger partial charge in [0.2, 0.25) is 0 Å². The van der Waals surface area contributed by atoms with E-state index in [0.717, 1.165) is 18.2 Å². The molecule has 0 radical (unpaired) electrons. The maximum atomic E-state index is 13.5. The number of nitrogens with one attached hydrogen (secondary N) is 1. The summed E-state index contributed by atoms with van der Waals surface area (Å²) in [5, 5.41) is 2.61. The molecule has 0 unspecified atom stereocenters. The third-order valence-corrected chi connectivity index (χ3v) is 6.49. The van der Waals surface area contributed by atoms with Crippen LogP contribution in [0.4, 0.5) is 28.0 Å². The van der Waals surface area contributed by atoms with Gasteiger partial charge >= 0.3 is 22.3 Å². The van der Waals surface area contributed by atoms with Crippen molar-refractivity contribution in [3.05, 3.63) is 114 Å². The minimum atomic E-state index is -4.71. The van der Waals surface area contributed by atoms with E-state index < -0.39 is 38.6 Å². The molecule has 1 aromatic heterocycles. The van der Waals surface area contributed by atoms with Crippen LogP contribution in [0.1, 0.15) is 16.9 Å². The molecule has 1 heterocycles. The molecule has 2 amide bonds. The van der Waals surface area contributed by atoms with Crippen molar-refractivity contribution >= 4 is 21.8 Å². The first kappa shape index (κ1) is 26.7. The van der Waals surface area contributed by atoms with Crippen molar-refractivity contribution in [1.29, 1.82) is 0 Å². The van der Waals surface area contributed by atoms with Gasteiger partial charge in [-0.2, -0.15) is 21.6 Å². The molecule has 0 fully saturated rings. The molecule has 38 heavy (non-hydrogen) atoms. The van der Waals surface area contributed by atoms with Crippen LogP contribution in [0.5, 0.6) is 5.75 Å². The number of anilines is 1. The molecular weight excluding hydrogens is 528 g/mol. The maximum absolute atomic E-state index is 13.5. The molecule has 0 saturated heterocycles. The number of amides is 2. The predicted molar refractivity (Wildman–Crippen MR) is 129 cm³/mol. The highest BCUT2D eigenvalue weighted by Crippen LogP contribution is 2.31. The normalized spacial score (nSPS) is 11.7. The van der Waals surface area contributed by atoms with Crippen molar-refractivity contribution in [2.24, 2.45) is 0 Å². The fourth-order valence-corrected chi connectivity index (χ4v) is 4.41. The molecule has 198 valence electrons.